The number of ether oxygens (including phenoxy) is 1. The van der Waals surface area contributed by atoms with Crippen molar-refractivity contribution in [3.05, 3.63) is 45.1 Å². The SMILES string of the molecule is CCOC(=O)N/N=C/C(C)=C\c1conc1-c1c(C)cc(Br)cc1C. The second-order valence-electron chi connectivity index (χ2n) is 5.51. The number of rotatable bonds is 5. The van der Waals surface area contributed by atoms with Gasteiger partial charge in [0.1, 0.15) is 12.0 Å². The summed E-state index contributed by atoms with van der Waals surface area (Å²) in [6.07, 6.45) is 4.43. The van der Waals surface area contributed by atoms with E-state index in [4.69, 9.17) is 9.26 Å². The zero-order valence-corrected chi connectivity index (χ0v) is 16.2. The van der Waals surface area contributed by atoms with Crippen LogP contribution in [0.2, 0.25) is 0 Å². The minimum atomic E-state index is -0.585. The summed E-state index contributed by atoms with van der Waals surface area (Å²) in [6, 6.07) is 4.09. The van der Waals surface area contributed by atoms with Crippen LogP contribution in [-0.2, 0) is 4.74 Å². The molecular weight excluding hydrogens is 386 g/mol. The van der Waals surface area contributed by atoms with Crippen LogP contribution in [0.3, 0.4) is 0 Å². The summed E-state index contributed by atoms with van der Waals surface area (Å²) in [5.74, 6) is 0. The average Bonchev–Trinajstić information content (AvgIpc) is 2.94. The van der Waals surface area contributed by atoms with Crippen LogP contribution in [-0.4, -0.2) is 24.1 Å². The van der Waals surface area contributed by atoms with Gasteiger partial charge in [0, 0.05) is 15.6 Å². The number of halogens is 1. The van der Waals surface area contributed by atoms with Gasteiger partial charge in [0.05, 0.1) is 12.8 Å². The van der Waals surface area contributed by atoms with Gasteiger partial charge in [-0.25, -0.2) is 10.2 Å². The molecular formula is C18H20BrN3O3. The first-order valence-corrected chi connectivity index (χ1v) is 8.57. The molecule has 0 fully saturated rings. The predicted octanol–water partition coefficient (Wildman–Crippen LogP) is 4.86. The van der Waals surface area contributed by atoms with E-state index in [9.17, 15) is 4.79 Å². The Kier molecular flexibility index (Phi) is 6.52. The summed E-state index contributed by atoms with van der Waals surface area (Å²) in [5, 5.41) is 8.00. The van der Waals surface area contributed by atoms with Crippen LogP contribution < -0.4 is 5.43 Å². The first kappa shape index (κ1) is 18.9. The number of benzene rings is 1. The van der Waals surface area contributed by atoms with Crippen molar-refractivity contribution in [2.24, 2.45) is 5.10 Å². The lowest BCUT2D eigenvalue weighted by atomic mass is 9.97. The highest BCUT2D eigenvalue weighted by Crippen LogP contribution is 2.32. The molecule has 0 unspecified atom stereocenters. The van der Waals surface area contributed by atoms with E-state index in [0.717, 1.165) is 38.0 Å². The average molecular weight is 406 g/mol. The van der Waals surface area contributed by atoms with Crippen molar-refractivity contribution in [1.29, 1.82) is 0 Å². The van der Waals surface area contributed by atoms with Crippen molar-refractivity contribution in [3.63, 3.8) is 0 Å². The topological polar surface area (TPSA) is 76.7 Å². The highest BCUT2D eigenvalue weighted by atomic mass is 79.9. The largest absolute Gasteiger partial charge is 0.449 e. The van der Waals surface area contributed by atoms with E-state index >= 15 is 0 Å². The number of nitrogens with zero attached hydrogens (tertiary/aromatic N) is 2. The van der Waals surface area contributed by atoms with Crippen LogP contribution in [0, 0.1) is 13.8 Å². The second-order valence-corrected chi connectivity index (χ2v) is 6.43. The van der Waals surface area contributed by atoms with Crippen LogP contribution >= 0.6 is 15.9 Å². The number of hydrogen-bond acceptors (Lipinski definition) is 5. The van der Waals surface area contributed by atoms with E-state index in [1.807, 2.05) is 39.0 Å². The molecule has 0 bridgehead atoms. The number of aromatic nitrogens is 1. The zero-order chi connectivity index (χ0) is 18.4. The quantitative estimate of drug-likeness (QED) is 0.569. The molecule has 0 atom stereocenters. The Labute approximate surface area is 155 Å². The number of carbonyl (C=O) groups excluding carboxylic acids is 1. The predicted molar refractivity (Wildman–Crippen MR) is 101 cm³/mol. The third kappa shape index (κ3) is 5.03. The summed E-state index contributed by atoms with van der Waals surface area (Å²) < 4.78 is 10.9. The maximum atomic E-state index is 11.2. The van der Waals surface area contributed by atoms with Crippen molar-refractivity contribution in [1.82, 2.24) is 10.6 Å². The molecule has 132 valence electrons. The molecule has 0 saturated heterocycles. The molecule has 25 heavy (non-hydrogen) atoms. The highest BCUT2D eigenvalue weighted by Gasteiger charge is 2.14. The normalized spacial score (nSPS) is 11.8. The highest BCUT2D eigenvalue weighted by molar-refractivity contribution is 9.10. The van der Waals surface area contributed by atoms with Crippen molar-refractivity contribution in [3.8, 4) is 11.3 Å². The van der Waals surface area contributed by atoms with Crippen molar-refractivity contribution in [2.75, 3.05) is 6.61 Å². The third-order valence-electron chi connectivity index (χ3n) is 3.41. The number of carbonyl (C=O) groups is 1. The standard InChI is InChI=1S/C18H20BrN3O3/c1-5-24-18(23)21-20-9-11(2)6-14-10-25-22-17(14)16-12(3)7-15(19)8-13(16)4/h6-10H,5H2,1-4H3,(H,21,23)/b11-6-,20-9+. The molecule has 2 rings (SSSR count). The fourth-order valence-corrected chi connectivity index (χ4v) is 3.14. The maximum Gasteiger partial charge on any atom is 0.427 e. The van der Waals surface area contributed by atoms with Gasteiger partial charge >= 0.3 is 6.09 Å². The van der Waals surface area contributed by atoms with E-state index in [2.05, 4.69) is 31.6 Å². The molecule has 0 saturated carbocycles. The lowest BCUT2D eigenvalue weighted by molar-refractivity contribution is 0.152. The molecule has 2 aromatic rings. The molecule has 1 aromatic heterocycles. The zero-order valence-electron chi connectivity index (χ0n) is 14.6. The van der Waals surface area contributed by atoms with E-state index in [0.29, 0.717) is 6.61 Å². The van der Waals surface area contributed by atoms with Gasteiger partial charge in [-0.3, -0.25) is 0 Å². The Morgan fingerprint density at radius 2 is 2.08 bits per heavy atom. The van der Waals surface area contributed by atoms with Crippen LogP contribution in [0.4, 0.5) is 4.79 Å². The Balaban J connectivity index is 2.25. The van der Waals surface area contributed by atoms with E-state index in [-0.39, 0.29) is 0 Å². The van der Waals surface area contributed by atoms with Crippen molar-refractivity contribution in [2.45, 2.75) is 27.7 Å². The van der Waals surface area contributed by atoms with Gasteiger partial charge in [0.25, 0.3) is 0 Å². The van der Waals surface area contributed by atoms with E-state index in [1.165, 1.54) is 6.21 Å². The fourth-order valence-electron chi connectivity index (χ4n) is 2.45. The minimum absolute atomic E-state index is 0.298. The Bertz CT molecular complexity index is 802. The number of nitrogens with one attached hydrogen (secondary N) is 1. The summed E-state index contributed by atoms with van der Waals surface area (Å²) in [4.78, 5) is 11.2. The molecule has 0 aliphatic rings. The number of aryl methyl sites for hydroxylation is 2. The number of hydrazone groups is 1. The lowest BCUT2D eigenvalue weighted by Gasteiger charge is -2.08. The van der Waals surface area contributed by atoms with Gasteiger partial charge in [-0.2, -0.15) is 5.10 Å². The molecule has 7 heteroatoms. The summed E-state index contributed by atoms with van der Waals surface area (Å²) in [7, 11) is 0. The summed E-state index contributed by atoms with van der Waals surface area (Å²) in [6.45, 7) is 7.97. The van der Waals surface area contributed by atoms with Crippen LogP contribution in [0.25, 0.3) is 17.3 Å². The molecule has 1 heterocycles. The lowest BCUT2D eigenvalue weighted by Crippen LogP contribution is -2.18. The van der Waals surface area contributed by atoms with Crippen LogP contribution in [0.15, 0.2) is 38.1 Å². The van der Waals surface area contributed by atoms with E-state index in [1.54, 1.807) is 13.2 Å². The van der Waals surface area contributed by atoms with Crippen molar-refractivity contribution >= 4 is 34.3 Å². The Hall–Kier alpha value is -2.41. The van der Waals surface area contributed by atoms with Crippen molar-refractivity contribution < 1.29 is 14.1 Å². The molecule has 1 amide bonds. The Morgan fingerprint density at radius 1 is 1.40 bits per heavy atom. The number of allylic oxidation sites excluding steroid dienone is 1. The first-order valence-electron chi connectivity index (χ1n) is 7.78. The molecule has 6 nitrogen and oxygen atoms in total. The van der Waals surface area contributed by atoms with Gasteiger partial charge in [-0.1, -0.05) is 21.1 Å². The smallest absolute Gasteiger partial charge is 0.427 e. The molecule has 1 N–H and O–H groups in total. The van der Waals surface area contributed by atoms with Crippen LogP contribution in [0.5, 0.6) is 0 Å². The van der Waals surface area contributed by atoms with Gasteiger partial charge in [-0.05, 0) is 62.6 Å². The van der Waals surface area contributed by atoms with Gasteiger partial charge < -0.3 is 9.26 Å². The van der Waals surface area contributed by atoms with Gasteiger partial charge in [0.15, 0.2) is 0 Å². The van der Waals surface area contributed by atoms with Crippen LogP contribution in [0.1, 0.15) is 30.5 Å². The maximum absolute atomic E-state index is 11.2. The fraction of sp³-hybridized carbons (Fsp3) is 0.278. The monoisotopic (exact) mass is 405 g/mol. The number of hydrogen-bond donors (Lipinski definition) is 1. The molecule has 0 aliphatic carbocycles. The number of amides is 1. The first-order chi connectivity index (χ1) is 11.9. The molecule has 1 aromatic carbocycles. The van der Waals surface area contributed by atoms with Gasteiger partial charge in [0.2, 0.25) is 0 Å². The second kappa shape index (κ2) is 8.62. The molecule has 0 spiro atoms. The molecule has 0 aliphatic heterocycles. The summed E-state index contributed by atoms with van der Waals surface area (Å²) in [5.41, 5.74) is 7.97. The minimum Gasteiger partial charge on any atom is -0.449 e. The Morgan fingerprint density at radius 3 is 2.72 bits per heavy atom. The molecule has 0 radical (unpaired) electrons. The van der Waals surface area contributed by atoms with Gasteiger partial charge in [-0.15, -0.1) is 0 Å². The van der Waals surface area contributed by atoms with E-state index < -0.39 is 6.09 Å². The third-order valence-corrected chi connectivity index (χ3v) is 3.87. The summed E-state index contributed by atoms with van der Waals surface area (Å²) >= 11 is 3.50.